The minimum absolute atomic E-state index is 0.319. The maximum atomic E-state index is 5.52. The lowest BCUT2D eigenvalue weighted by Crippen LogP contribution is -2.35. The summed E-state index contributed by atoms with van der Waals surface area (Å²) in [6.45, 7) is 0.737. The third-order valence-corrected chi connectivity index (χ3v) is 3.36. The highest BCUT2D eigenvalue weighted by Gasteiger charge is 2.23. The lowest BCUT2D eigenvalue weighted by atomic mass is 9.86. The van der Waals surface area contributed by atoms with Gasteiger partial charge in [0.25, 0.3) is 0 Å². The number of nitrogens with zero attached hydrogens (tertiary/aromatic N) is 1. The maximum absolute atomic E-state index is 5.52. The summed E-state index contributed by atoms with van der Waals surface area (Å²) in [5.41, 5.74) is 6.36. The summed E-state index contributed by atoms with van der Waals surface area (Å²) in [5, 5.41) is 0. The average Bonchev–Trinajstić information content (AvgIpc) is 2.47. The van der Waals surface area contributed by atoms with Crippen LogP contribution >= 0.6 is 0 Å². The molecule has 0 saturated carbocycles. The number of hydrazine groups is 1. The Hall–Kier alpha value is -2.13. The summed E-state index contributed by atoms with van der Waals surface area (Å²) in [5.74, 6) is 6.62. The lowest BCUT2D eigenvalue weighted by molar-refractivity contribution is 0.789. The van der Waals surface area contributed by atoms with E-state index in [4.69, 9.17) is 5.84 Å². The number of rotatable bonds is 1. The van der Waals surface area contributed by atoms with Crippen LogP contribution in [0.15, 0.2) is 59.6 Å². The molecular formula is C15H15N3. The molecule has 3 rings (SSSR count). The second-order valence-electron chi connectivity index (χ2n) is 4.38. The van der Waals surface area contributed by atoms with Gasteiger partial charge in [0.1, 0.15) is 5.84 Å². The molecule has 3 heteroatoms. The molecule has 18 heavy (non-hydrogen) atoms. The monoisotopic (exact) mass is 237 g/mol. The van der Waals surface area contributed by atoms with E-state index in [9.17, 15) is 0 Å². The Labute approximate surface area is 106 Å². The molecule has 0 radical (unpaired) electrons. The van der Waals surface area contributed by atoms with E-state index in [1.165, 1.54) is 11.1 Å². The largest absolute Gasteiger partial charge is 0.308 e. The summed E-state index contributed by atoms with van der Waals surface area (Å²) in [6.07, 6.45) is 0. The first-order chi connectivity index (χ1) is 8.90. The second-order valence-corrected chi connectivity index (χ2v) is 4.38. The minimum Gasteiger partial charge on any atom is -0.308 e. The van der Waals surface area contributed by atoms with E-state index in [1.807, 2.05) is 12.1 Å². The van der Waals surface area contributed by atoms with E-state index < -0.39 is 0 Å². The standard InChI is InChI=1S/C15H15N3/c16-18-15-13-9-5-4-8-12(13)14(10-17-15)11-6-2-1-3-7-11/h1-9,14H,10,16H2,(H,17,18). The quantitative estimate of drug-likeness (QED) is 0.589. The zero-order valence-electron chi connectivity index (χ0n) is 10.0. The molecule has 2 aromatic carbocycles. The molecule has 1 unspecified atom stereocenters. The van der Waals surface area contributed by atoms with E-state index in [1.54, 1.807) is 0 Å². The fourth-order valence-corrected chi connectivity index (χ4v) is 2.48. The van der Waals surface area contributed by atoms with Crippen molar-refractivity contribution in [2.24, 2.45) is 10.8 Å². The van der Waals surface area contributed by atoms with Crippen molar-refractivity contribution in [3.8, 4) is 0 Å². The minimum atomic E-state index is 0.319. The van der Waals surface area contributed by atoms with Gasteiger partial charge in [-0.2, -0.15) is 0 Å². The maximum Gasteiger partial charge on any atom is 0.142 e. The van der Waals surface area contributed by atoms with Gasteiger partial charge in [-0.05, 0) is 11.1 Å². The van der Waals surface area contributed by atoms with Crippen LogP contribution in [0, 0.1) is 0 Å². The number of nitrogens with one attached hydrogen (secondary N) is 1. The van der Waals surface area contributed by atoms with Crippen LogP contribution in [0.3, 0.4) is 0 Å². The smallest absolute Gasteiger partial charge is 0.142 e. The van der Waals surface area contributed by atoms with Crippen molar-refractivity contribution in [1.82, 2.24) is 5.43 Å². The van der Waals surface area contributed by atoms with Crippen molar-refractivity contribution >= 4 is 5.84 Å². The van der Waals surface area contributed by atoms with Crippen LogP contribution in [0.25, 0.3) is 0 Å². The zero-order chi connectivity index (χ0) is 12.4. The molecule has 0 bridgehead atoms. The molecule has 0 spiro atoms. The molecule has 1 aliphatic heterocycles. The Morgan fingerprint density at radius 2 is 1.72 bits per heavy atom. The van der Waals surface area contributed by atoms with Gasteiger partial charge in [0.05, 0.1) is 6.54 Å². The van der Waals surface area contributed by atoms with Crippen LogP contribution in [-0.4, -0.2) is 12.4 Å². The van der Waals surface area contributed by atoms with Crippen molar-refractivity contribution in [1.29, 1.82) is 0 Å². The molecule has 3 N–H and O–H groups in total. The van der Waals surface area contributed by atoms with Crippen molar-refractivity contribution < 1.29 is 0 Å². The van der Waals surface area contributed by atoms with Gasteiger partial charge in [-0.1, -0.05) is 54.6 Å². The van der Waals surface area contributed by atoms with E-state index >= 15 is 0 Å². The summed E-state index contributed by atoms with van der Waals surface area (Å²) in [4.78, 5) is 4.53. The molecular weight excluding hydrogens is 222 g/mol. The Bertz CT molecular complexity index is 575. The van der Waals surface area contributed by atoms with Gasteiger partial charge >= 0.3 is 0 Å². The summed E-state index contributed by atoms with van der Waals surface area (Å²) < 4.78 is 0. The second kappa shape index (κ2) is 4.63. The molecule has 0 saturated heterocycles. The number of benzene rings is 2. The molecule has 3 nitrogen and oxygen atoms in total. The Morgan fingerprint density at radius 1 is 1.00 bits per heavy atom. The van der Waals surface area contributed by atoms with E-state index in [-0.39, 0.29) is 0 Å². The molecule has 0 fully saturated rings. The Balaban J connectivity index is 2.09. The Kier molecular flexibility index (Phi) is 2.82. The van der Waals surface area contributed by atoms with Crippen LogP contribution in [-0.2, 0) is 0 Å². The first-order valence-corrected chi connectivity index (χ1v) is 6.05. The van der Waals surface area contributed by atoms with E-state index in [2.05, 4.69) is 52.9 Å². The molecule has 0 aliphatic carbocycles. The van der Waals surface area contributed by atoms with Gasteiger partial charge in [-0.3, -0.25) is 4.99 Å². The zero-order valence-corrected chi connectivity index (χ0v) is 10.0. The van der Waals surface area contributed by atoms with Crippen molar-refractivity contribution in [3.63, 3.8) is 0 Å². The fraction of sp³-hybridized carbons (Fsp3) is 0.133. The van der Waals surface area contributed by atoms with Crippen LogP contribution in [0.5, 0.6) is 0 Å². The lowest BCUT2D eigenvalue weighted by Gasteiger charge is -2.24. The van der Waals surface area contributed by atoms with Crippen LogP contribution < -0.4 is 11.3 Å². The van der Waals surface area contributed by atoms with Crippen LogP contribution in [0.2, 0.25) is 0 Å². The predicted octanol–water partition coefficient (Wildman–Crippen LogP) is 2.04. The number of aliphatic imine (C=N–C) groups is 1. The van der Waals surface area contributed by atoms with Crippen LogP contribution in [0.1, 0.15) is 22.6 Å². The van der Waals surface area contributed by atoms with Gasteiger partial charge in [-0.15, -0.1) is 0 Å². The number of fused-ring (bicyclic) bond motifs is 1. The molecule has 1 atom stereocenters. The average molecular weight is 237 g/mol. The number of amidine groups is 1. The first-order valence-electron chi connectivity index (χ1n) is 6.05. The van der Waals surface area contributed by atoms with E-state index in [0.29, 0.717) is 5.92 Å². The fourth-order valence-electron chi connectivity index (χ4n) is 2.48. The summed E-state index contributed by atoms with van der Waals surface area (Å²) in [6, 6.07) is 18.8. The first kappa shape index (κ1) is 11.0. The number of hydrogen-bond donors (Lipinski definition) is 2. The van der Waals surface area contributed by atoms with Gasteiger partial charge in [0, 0.05) is 11.5 Å². The highest BCUT2D eigenvalue weighted by molar-refractivity contribution is 6.00. The van der Waals surface area contributed by atoms with Gasteiger partial charge < -0.3 is 5.43 Å². The van der Waals surface area contributed by atoms with Crippen molar-refractivity contribution in [2.75, 3.05) is 6.54 Å². The SMILES string of the molecule is NNC1=NCC(c2ccccc2)c2ccccc21. The summed E-state index contributed by atoms with van der Waals surface area (Å²) >= 11 is 0. The van der Waals surface area contributed by atoms with Crippen LogP contribution in [0.4, 0.5) is 0 Å². The molecule has 0 amide bonds. The molecule has 1 aliphatic rings. The Morgan fingerprint density at radius 3 is 2.50 bits per heavy atom. The third-order valence-electron chi connectivity index (χ3n) is 3.36. The normalized spacial score (nSPS) is 17.8. The molecule has 90 valence electrons. The van der Waals surface area contributed by atoms with Gasteiger partial charge in [0.2, 0.25) is 0 Å². The molecule has 1 heterocycles. The van der Waals surface area contributed by atoms with Crippen molar-refractivity contribution in [3.05, 3.63) is 71.3 Å². The predicted molar refractivity (Wildman–Crippen MR) is 73.5 cm³/mol. The molecule has 2 aromatic rings. The topological polar surface area (TPSA) is 50.4 Å². The highest BCUT2D eigenvalue weighted by Crippen LogP contribution is 2.30. The third kappa shape index (κ3) is 1.79. The van der Waals surface area contributed by atoms with Gasteiger partial charge in [-0.25, -0.2) is 5.84 Å². The van der Waals surface area contributed by atoms with E-state index in [0.717, 1.165) is 17.9 Å². The number of hydrogen-bond acceptors (Lipinski definition) is 3. The number of nitrogens with two attached hydrogens (primary N) is 1. The molecule has 0 aromatic heterocycles. The van der Waals surface area contributed by atoms with Gasteiger partial charge in [0.15, 0.2) is 0 Å². The highest BCUT2D eigenvalue weighted by atomic mass is 15.3. The summed E-state index contributed by atoms with van der Waals surface area (Å²) in [7, 11) is 0. The van der Waals surface area contributed by atoms with Crippen molar-refractivity contribution in [2.45, 2.75) is 5.92 Å².